The average Bonchev–Trinajstić information content (AvgIpc) is 3.08. The molecule has 1 heterocycles. The van der Waals surface area contributed by atoms with E-state index in [-0.39, 0.29) is 24.2 Å². The molecule has 1 atom stereocenters. The average molecular weight is 348 g/mol. The lowest BCUT2D eigenvalue weighted by molar-refractivity contribution is 0.304. The van der Waals surface area contributed by atoms with Gasteiger partial charge in [0.2, 0.25) is 0 Å². The van der Waals surface area contributed by atoms with E-state index in [9.17, 15) is 5.11 Å². The molecule has 23 heavy (non-hydrogen) atoms. The number of benzene rings is 2. The number of rotatable bonds is 5. The van der Waals surface area contributed by atoms with Crippen LogP contribution < -0.4 is 10.5 Å². The fraction of sp³-hybridized carbons (Fsp3) is 0.111. The molecule has 0 aliphatic carbocycles. The first-order valence-corrected chi connectivity index (χ1v) is 7.90. The molecule has 0 aliphatic rings. The van der Waals surface area contributed by atoms with E-state index in [4.69, 9.17) is 10.5 Å². The molecular formula is C18H18ClNO2S. The van der Waals surface area contributed by atoms with Crippen LogP contribution in [0.2, 0.25) is 0 Å². The number of ether oxygens (including phenoxy) is 1. The highest BCUT2D eigenvalue weighted by Gasteiger charge is 2.14. The van der Waals surface area contributed by atoms with Gasteiger partial charge in [-0.3, -0.25) is 0 Å². The Morgan fingerprint density at radius 1 is 1.04 bits per heavy atom. The summed E-state index contributed by atoms with van der Waals surface area (Å²) in [6.07, 6.45) is 0. The summed E-state index contributed by atoms with van der Waals surface area (Å²) in [5.41, 5.74) is 7.97. The van der Waals surface area contributed by atoms with Gasteiger partial charge in [0.05, 0.1) is 6.04 Å². The Bertz CT molecular complexity index is 732. The van der Waals surface area contributed by atoms with E-state index in [2.05, 4.69) is 0 Å². The smallest absolute Gasteiger partial charge is 0.124 e. The fourth-order valence-electron chi connectivity index (χ4n) is 2.24. The predicted molar refractivity (Wildman–Crippen MR) is 96.5 cm³/mol. The molecule has 3 nitrogen and oxygen atoms in total. The summed E-state index contributed by atoms with van der Waals surface area (Å²) in [5.74, 6) is 0.787. The van der Waals surface area contributed by atoms with Gasteiger partial charge in [0.1, 0.15) is 18.1 Å². The molecule has 0 unspecified atom stereocenters. The van der Waals surface area contributed by atoms with Gasteiger partial charge < -0.3 is 15.6 Å². The van der Waals surface area contributed by atoms with Gasteiger partial charge in [-0.1, -0.05) is 36.4 Å². The van der Waals surface area contributed by atoms with Crippen LogP contribution in [0.1, 0.15) is 22.0 Å². The molecular weight excluding hydrogens is 330 g/mol. The number of hydrogen-bond acceptors (Lipinski definition) is 4. The molecule has 1 aromatic heterocycles. The fourth-order valence-corrected chi connectivity index (χ4v) is 2.98. The standard InChI is InChI=1S/C18H17NO2S.ClH/c19-18(17-7-4-10-22-17)15-9-8-14(11-16(15)20)21-12-13-5-2-1-3-6-13;/h1-11,18,20H,12,19H2;1H/t18-;/m0./s1. The third-order valence-corrected chi connectivity index (χ3v) is 4.39. The minimum Gasteiger partial charge on any atom is -0.507 e. The van der Waals surface area contributed by atoms with E-state index < -0.39 is 0 Å². The van der Waals surface area contributed by atoms with Gasteiger partial charge in [0.25, 0.3) is 0 Å². The third kappa shape index (κ3) is 4.26. The van der Waals surface area contributed by atoms with Crippen LogP contribution in [0.15, 0.2) is 66.0 Å². The van der Waals surface area contributed by atoms with Crippen molar-refractivity contribution in [2.75, 3.05) is 0 Å². The molecule has 3 aromatic rings. The molecule has 0 saturated carbocycles. The maximum Gasteiger partial charge on any atom is 0.124 e. The summed E-state index contributed by atoms with van der Waals surface area (Å²) in [4.78, 5) is 1.02. The molecule has 0 aliphatic heterocycles. The van der Waals surface area contributed by atoms with Crippen molar-refractivity contribution < 1.29 is 9.84 Å². The zero-order valence-corrected chi connectivity index (χ0v) is 14.0. The van der Waals surface area contributed by atoms with Crippen LogP contribution in [0.4, 0.5) is 0 Å². The third-order valence-electron chi connectivity index (χ3n) is 3.43. The lowest BCUT2D eigenvalue weighted by Crippen LogP contribution is -2.10. The minimum atomic E-state index is -0.317. The summed E-state index contributed by atoms with van der Waals surface area (Å²) in [7, 11) is 0. The highest BCUT2D eigenvalue weighted by molar-refractivity contribution is 7.10. The van der Waals surface area contributed by atoms with E-state index >= 15 is 0 Å². The molecule has 0 fully saturated rings. The molecule has 0 radical (unpaired) electrons. The Kier molecular flexibility index (Phi) is 6.04. The van der Waals surface area contributed by atoms with Crippen molar-refractivity contribution >= 4 is 23.7 Å². The molecule has 3 N–H and O–H groups in total. The maximum absolute atomic E-state index is 10.2. The van der Waals surface area contributed by atoms with E-state index in [1.165, 1.54) is 0 Å². The van der Waals surface area contributed by atoms with Crippen LogP contribution in [-0.4, -0.2) is 5.11 Å². The van der Waals surface area contributed by atoms with Crippen LogP contribution in [0, 0.1) is 0 Å². The molecule has 2 aromatic carbocycles. The van der Waals surface area contributed by atoms with Gasteiger partial charge in [-0.05, 0) is 29.1 Å². The van der Waals surface area contributed by atoms with Gasteiger partial charge >= 0.3 is 0 Å². The van der Waals surface area contributed by atoms with Crippen LogP contribution in [0.5, 0.6) is 11.5 Å². The Labute approximate surface area is 145 Å². The van der Waals surface area contributed by atoms with E-state index in [0.29, 0.717) is 17.9 Å². The SMILES string of the molecule is Cl.N[C@H](c1cccs1)c1ccc(OCc2ccccc2)cc1O. The summed E-state index contributed by atoms with van der Waals surface area (Å²) in [6.45, 7) is 0.469. The number of halogens is 1. The largest absolute Gasteiger partial charge is 0.507 e. The zero-order valence-electron chi connectivity index (χ0n) is 12.4. The summed E-state index contributed by atoms with van der Waals surface area (Å²) in [6, 6.07) is 18.8. The van der Waals surface area contributed by atoms with Crippen molar-refractivity contribution in [1.82, 2.24) is 0 Å². The van der Waals surface area contributed by atoms with Crippen molar-refractivity contribution in [1.29, 1.82) is 0 Å². The van der Waals surface area contributed by atoms with Crippen LogP contribution in [-0.2, 0) is 6.61 Å². The quantitative estimate of drug-likeness (QED) is 0.714. The van der Waals surface area contributed by atoms with Crippen LogP contribution >= 0.6 is 23.7 Å². The number of thiophene rings is 1. The van der Waals surface area contributed by atoms with Crippen LogP contribution in [0.3, 0.4) is 0 Å². The summed E-state index contributed by atoms with van der Waals surface area (Å²) < 4.78 is 5.70. The number of aromatic hydroxyl groups is 1. The highest BCUT2D eigenvalue weighted by atomic mass is 35.5. The maximum atomic E-state index is 10.2. The number of nitrogens with two attached hydrogens (primary N) is 1. The first-order chi connectivity index (χ1) is 10.7. The Balaban J connectivity index is 0.00000192. The van der Waals surface area contributed by atoms with Crippen molar-refractivity contribution in [3.63, 3.8) is 0 Å². The van der Waals surface area contributed by atoms with E-state index in [1.807, 2.05) is 60.0 Å². The van der Waals surface area contributed by atoms with Crippen molar-refractivity contribution in [3.05, 3.63) is 82.0 Å². The molecule has 120 valence electrons. The Hall–Kier alpha value is -2.01. The summed E-state index contributed by atoms with van der Waals surface area (Å²) in [5, 5.41) is 12.2. The van der Waals surface area contributed by atoms with E-state index in [1.54, 1.807) is 17.4 Å². The molecule has 0 bridgehead atoms. The molecule has 5 heteroatoms. The van der Waals surface area contributed by atoms with Crippen molar-refractivity contribution in [2.24, 2.45) is 5.73 Å². The number of hydrogen-bond donors (Lipinski definition) is 2. The lowest BCUT2D eigenvalue weighted by Gasteiger charge is -2.14. The molecule has 0 saturated heterocycles. The first kappa shape index (κ1) is 17.3. The molecule has 0 spiro atoms. The molecule has 0 amide bonds. The van der Waals surface area contributed by atoms with Gasteiger partial charge in [-0.2, -0.15) is 0 Å². The van der Waals surface area contributed by atoms with Gasteiger partial charge in [-0.15, -0.1) is 23.7 Å². The second-order valence-corrected chi connectivity index (χ2v) is 5.97. The van der Waals surface area contributed by atoms with Crippen LogP contribution in [0.25, 0.3) is 0 Å². The number of phenolic OH excluding ortho intramolecular Hbond substituents is 1. The Morgan fingerprint density at radius 3 is 2.48 bits per heavy atom. The monoisotopic (exact) mass is 347 g/mol. The van der Waals surface area contributed by atoms with Gasteiger partial charge in [0.15, 0.2) is 0 Å². The Morgan fingerprint density at radius 2 is 1.83 bits per heavy atom. The lowest BCUT2D eigenvalue weighted by atomic mass is 10.0. The van der Waals surface area contributed by atoms with E-state index in [0.717, 1.165) is 10.4 Å². The summed E-state index contributed by atoms with van der Waals surface area (Å²) >= 11 is 1.58. The molecule has 3 rings (SSSR count). The normalized spacial score (nSPS) is 11.5. The highest BCUT2D eigenvalue weighted by Crippen LogP contribution is 2.32. The predicted octanol–water partition coefficient (Wildman–Crippen LogP) is 4.50. The first-order valence-electron chi connectivity index (χ1n) is 7.02. The zero-order chi connectivity index (χ0) is 15.4. The van der Waals surface area contributed by atoms with Gasteiger partial charge in [-0.25, -0.2) is 0 Å². The minimum absolute atomic E-state index is 0. The van der Waals surface area contributed by atoms with Crippen molar-refractivity contribution in [2.45, 2.75) is 12.6 Å². The second-order valence-electron chi connectivity index (χ2n) is 4.99. The topological polar surface area (TPSA) is 55.5 Å². The second kappa shape index (κ2) is 8.02. The number of phenols is 1. The van der Waals surface area contributed by atoms with Gasteiger partial charge in [0, 0.05) is 16.5 Å². The van der Waals surface area contributed by atoms with Crippen molar-refractivity contribution in [3.8, 4) is 11.5 Å².